The van der Waals surface area contributed by atoms with E-state index in [1.54, 1.807) is 6.20 Å². The Hall–Kier alpha value is -0.980. The van der Waals surface area contributed by atoms with Crippen molar-refractivity contribution in [3.63, 3.8) is 0 Å². The first kappa shape index (κ1) is 13.7. The Morgan fingerprint density at radius 2 is 2.29 bits per heavy atom. The quantitative estimate of drug-likeness (QED) is 0.517. The number of nitrogens with zero attached hydrogens (tertiary/aromatic N) is 5. The van der Waals surface area contributed by atoms with Gasteiger partial charge in [0.05, 0.1) is 18.5 Å². The van der Waals surface area contributed by atoms with Gasteiger partial charge in [-0.2, -0.15) is 10.1 Å². The first-order valence-electron chi connectivity index (χ1n) is 7.17. The average Bonchev–Trinajstić information content (AvgIpc) is 2.99. The van der Waals surface area contributed by atoms with Crippen LogP contribution in [0, 0.1) is 11.8 Å². The molecule has 1 fully saturated rings. The Balaban J connectivity index is 1.76. The maximum Gasteiger partial charge on any atom is 0.299 e. The van der Waals surface area contributed by atoms with Crippen molar-refractivity contribution >= 4 is 44.9 Å². The van der Waals surface area contributed by atoms with Crippen molar-refractivity contribution in [1.29, 1.82) is 0 Å². The Labute approximate surface area is 137 Å². The zero-order valence-electron chi connectivity index (χ0n) is 11.7. The highest BCUT2D eigenvalue weighted by Gasteiger charge is 2.49. The molecular weight excluding hydrogens is 354 g/mol. The summed E-state index contributed by atoms with van der Waals surface area (Å²) in [7, 11) is 2.06. The molecule has 3 aliphatic heterocycles. The van der Waals surface area contributed by atoms with Crippen LogP contribution in [-0.2, 0) is 0 Å². The van der Waals surface area contributed by atoms with Crippen LogP contribution in [0.2, 0.25) is 0 Å². The minimum atomic E-state index is 0.0691. The largest absolute Gasteiger partial charge is 0.299 e. The van der Waals surface area contributed by atoms with Crippen molar-refractivity contribution in [3.05, 3.63) is 23.8 Å². The molecule has 0 aromatic heterocycles. The van der Waals surface area contributed by atoms with Gasteiger partial charge in [-0.05, 0) is 12.8 Å². The van der Waals surface area contributed by atoms with E-state index in [1.165, 1.54) is 12.8 Å². The highest BCUT2D eigenvalue weighted by Crippen LogP contribution is 2.46. The third-order valence-electron chi connectivity index (χ3n) is 4.83. The lowest BCUT2D eigenvalue weighted by atomic mass is 9.75. The zero-order chi connectivity index (χ0) is 14.6. The summed E-state index contributed by atoms with van der Waals surface area (Å²) >= 11 is 10.2. The summed E-state index contributed by atoms with van der Waals surface area (Å²) in [6.45, 7) is 0. The summed E-state index contributed by atoms with van der Waals surface area (Å²) in [6, 6.07) is 0.486. The summed E-state index contributed by atoms with van der Waals surface area (Å²) in [5, 5.41) is 6.57. The monoisotopic (exact) mass is 368 g/mol. The molecule has 0 radical (unpaired) electrons. The third-order valence-corrected chi connectivity index (χ3v) is 6.22. The molecular formula is C14H16BrClN5+. The smallest absolute Gasteiger partial charge is 0.297 e. The van der Waals surface area contributed by atoms with Crippen molar-refractivity contribution in [2.45, 2.75) is 25.3 Å². The Morgan fingerprint density at radius 1 is 1.43 bits per heavy atom. The summed E-state index contributed by atoms with van der Waals surface area (Å²) in [6.07, 6.45) is 11.0. The normalized spacial score (nSPS) is 40.6. The first-order chi connectivity index (χ1) is 10.1. The highest BCUT2D eigenvalue weighted by atomic mass is 79.9. The van der Waals surface area contributed by atoms with E-state index >= 15 is 0 Å². The molecule has 0 saturated heterocycles. The van der Waals surface area contributed by atoms with Crippen molar-refractivity contribution in [1.82, 2.24) is 5.01 Å². The molecule has 0 aromatic rings. The van der Waals surface area contributed by atoms with Crippen LogP contribution in [0.25, 0.3) is 0 Å². The van der Waals surface area contributed by atoms with Crippen molar-refractivity contribution in [3.8, 4) is 0 Å². The van der Waals surface area contributed by atoms with Crippen molar-refractivity contribution in [2.24, 2.45) is 26.9 Å². The summed E-state index contributed by atoms with van der Waals surface area (Å²) in [5.74, 6) is 0.773. The van der Waals surface area contributed by atoms with E-state index in [4.69, 9.17) is 16.8 Å². The number of aliphatic imine (C=N–C) groups is 2. The summed E-state index contributed by atoms with van der Waals surface area (Å²) in [5.41, 5.74) is 2.01. The number of halogens is 2. The van der Waals surface area contributed by atoms with Crippen molar-refractivity contribution in [2.75, 3.05) is 7.05 Å². The number of hydrogen-bond donors (Lipinski definition) is 0. The standard InChI is InChI=1S/C14H16BrClN5/c1-20-11-4-2-3-9(10(11)7-18-20)13-12-8-17-5-6-21(12,16)14(15)19-13/h5-11H,2-4H2,1H3/q+1. The molecule has 1 aliphatic carbocycles. The van der Waals surface area contributed by atoms with Crippen LogP contribution in [-0.4, -0.2) is 39.3 Å². The van der Waals surface area contributed by atoms with Crippen LogP contribution in [0.5, 0.6) is 0 Å². The van der Waals surface area contributed by atoms with E-state index < -0.39 is 0 Å². The van der Waals surface area contributed by atoms with E-state index in [9.17, 15) is 0 Å². The second-order valence-corrected chi connectivity index (χ2v) is 7.13. The van der Waals surface area contributed by atoms with Gasteiger partial charge >= 0.3 is 0 Å². The number of amidine groups is 1. The average molecular weight is 370 g/mol. The van der Waals surface area contributed by atoms with Crippen LogP contribution < -0.4 is 0 Å². The molecule has 21 heavy (non-hydrogen) atoms. The zero-order valence-corrected chi connectivity index (χ0v) is 14.0. The second-order valence-electron chi connectivity index (χ2n) is 5.88. The van der Waals surface area contributed by atoms with Gasteiger partial charge in [-0.1, -0.05) is 6.42 Å². The molecule has 4 rings (SSSR count). The third kappa shape index (κ3) is 1.89. The van der Waals surface area contributed by atoms with Gasteiger partial charge in [-0.25, -0.2) is 0 Å². The minimum Gasteiger partial charge on any atom is -0.297 e. The molecule has 5 nitrogen and oxygen atoms in total. The lowest BCUT2D eigenvalue weighted by Crippen LogP contribution is -2.39. The SMILES string of the molecule is CN1N=CC2C(C3=C4C=NC=C[N+]4(Cl)C(Br)=N3)CCCC21. The fraction of sp³-hybridized carbons (Fsp3) is 0.500. The number of hydrogen-bond acceptors (Lipinski definition) is 4. The number of quaternary nitrogens is 1. The fourth-order valence-corrected chi connectivity index (χ4v) is 4.45. The Bertz CT molecular complexity index is 637. The van der Waals surface area contributed by atoms with E-state index in [0.717, 1.165) is 17.8 Å². The highest BCUT2D eigenvalue weighted by molar-refractivity contribution is 9.18. The molecule has 3 heterocycles. The molecule has 1 saturated carbocycles. The molecule has 4 aliphatic rings. The topological polar surface area (TPSA) is 40.3 Å². The molecule has 4 unspecified atom stereocenters. The first-order valence-corrected chi connectivity index (χ1v) is 8.30. The van der Waals surface area contributed by atoms with Gasteiger partial charge in [-0.15, -0.1) is 4.00 Å². The van der Waals surface area contributed by atoms with E-state index in [0.29, 0.717) is 22.6 Å². The van der Waals surface area contributed by atoms with Gasteiger partial charge in [-0.3, -0.25) is 10.0 Å². The lowest BCUT2D eigenvalue weighted by Gasteiger charge is -2.34. The molecule has 4 atom stereocenters. The molecule has 0 spiro atoms. The molecule has 110 valence electrons. The molecule has 0 N–H and O–H groups in total. The van der Waals surface area contributed by atoms with Gasteiger partial charge in [0.15, 0.2) is 11.8 Å². The number of allylic oxidation sites excluding steroid dienone is 2. The molecule has 0 amide bonds. The molecule has 7 heteroatoms. The number of fused-ring (bicyclic) bond motifs is 2. The van der Waals surface area contributed by atoms with Crippen LogP contribution in [0.1, 0.15) is 19.3 Å². The van der Waals surface area contributed by atoms with E-state index in [2.05, 4.69) is 44.3 Å². The van der Waals surface area contributed by atoms with Crippen LogP contribution in [0.15, 0.2) is 38.9 Å². The van der Waals surface area contributed by atoms with Crippen LogP contribution in [0.4, 0.5) is 0 Å². The second kappa shape index (κ2) is 4.76. The van der Waals surface area contributed by atoms with Crippen LogP contribution in [0.3, 0.4) is 0 Å². The van der Waals surface area contributed by atoms with Gasteiger partial charge in [0.1, 0.15) is 11.9 Å². The number of hydrazone groups is 1. The Morgan fingerprint density at radius 3 is 3.14 bits per heavy atom. The van der Waals surface area contributed by atoms with Crippen molar-refractivity contribution < 1.29 is 4.00 Å². The minimum absolute atomic E-state index is 0.0691. The maximum absolute atomic E-state index is 6.69. The summed E-state index contributed by atoms with van der Waals surface area (Å²) < 4.78 is 0.779. The van der Waals surface area contributed by atoms with Gasteiger partial charge < -0.3 is 0 Å². The van der Waals surface area contributed by atoms with Gasteiger partial charge in [0.2, 0.25) is 5.70 Å². The summed E-state index contributed by atoms with van der Waals surface area (Å²) in [4.78, 5) is 8.99. The fourth-order valence-electron chi connectivity index (χ4n) is 3.73. The lowest BCUT2D eigenvalue weighted by molar-refractivity contribution is -0.595. The molecule has 0 bridgehead atoms. The predicted molar refractivity (Wildman–Crippen MR) is 88.0 cm³/mol. The van der Waals surface area contributed by atoms with Gasteiger partial charge in [0.25, 0.3) is 4.74 Å². The van der Waals surface area contributed by atoms with Crippen LogP contribution >= 0.6 is 27.7 Å². The van der Waals surface area contributed by atoms with Gasteiger partial charge in [0, 0.05) is 41.0 Å². The maximum atomic E-state index is 6.69. The Kier molecular flexibility index (Phi) is 3.10. The van der Waals surface area contributed by atoms with E-state index in [1.807, 2.05) is 12.4 Å². The predicted octanol–water partition coefficient (Wildman–Crippen LogP) is 3.20. The molecule has 0 aromatic carbocycles. The van der Waals surface area contributed by atoms with E-state index in [-0.39, 0.29) is 4.00 Å². The number of rotatable bonds is 1.